The van der Waals surface area contributed by atoms with Gasteiger partial charge in [-0.3, -0.25) is 9.69 Å². The molecule has 1 aromatic heterocycles. The molecular weight excluding hydrogens is 504 g/mol. The van der Waals surface area contributed by atoms with Crippen molar-refractivity contribution in [2.45, 2.75) is 44.2 Å². The molecule has 0 unspecified atom stereocenters. The van der Waals surface area contributed by atoms with Gasteiger partial charge in [0.1, 0.15) is 17.1 Å². The number of rotatable bonds is 5. The molecule has 0 bridgehead atoms. The van der Waals surface area contributed by atoms with Crippen molar-refractivity contribution in [3.63, 3.8) is 0 Å². The number of H-pyrrole nitrogens is 1. The minimum Gasteiger partial charge on any atom is -0.508 e. The van der Waals surface area contributed by atoms with Crippen molar-refractivity contribution in [2.75, 3.05) is 26.2 Å². The summed E-state index contributed by atoms with van der Waals surface area (Å²) in [5.74, 6) is 1.08. The van der Waals surface area contributed by atoms with Crippen LogP contribution in [0.4, 0.5) is 0 Å². The van der Waals surface area contributed by atoms with E-state index in [9.17, 15) is 9.90 Å². The second-order valence-electron chi connectivity index (χ2n) is 10.3. The van der Waals surface area contributed by atoms with Gasteiger partial charge in [0.25, 0.3) is 5.91 Å². The number of hydrogen-bond donors (Lipinski definition) is 2. The first-order chi connectivity index (χ1) is 16.9. The van der Waals surface area contributed by atoms with Gasteiger partial charge in [0, 0.05) is 34.0 Å². The Labute approximate surface area is 214 Å². The first-order valence-electron chi connectivity index (χ1n) is 12.5. The fourth-order valence-electron chi connectivity index (χ4n) is 6.36. The van der Waals surface area contributed by atoms with Gasteiger partial charge in [0.2, 0.25) is 0 Å². The van der Waals surface area contributed by atoms with Gasteiger partial charge in [-0.05, 0) is 87.3 Å². The number of phenols is 1. The molecule has 0 radical (unpaired) electrons. The van der Waals surface area contributed by atoms with E-state index >= 15 is 0 Å². The number of halogens is 1. The second-order valence-corrected chi connectivity index (χ2v) is 11.2. The van der Waals surface area contributed by atoms with Gasteiger partial charge in [-0.1, -0.05) is 34.6 Å². The van der Waals surface area contributed by atoms with Gasteiger partial charge in [-0.15, -0.1) is 0 Å². The van der Waals surface area contributed by atoms with Crippen LogP contribution in [-0.4, -0.2) is 62.4 Å². The van der Waals surface area contributed by atoms with Crippen molar-refractivity contribution in [2.24, 2.45) is 0 Å². The molecule has 3 aliphatic rings. The van der Waals surface area contributed by atoms with E-state index in [2.05, 4.69) is 56.3 Å². The molecule has 3 aromatic rings. The van der Waals surface area contributed by atoms with Crippen molar-refractivity contribution >= 4 is 32.7 Å². The van der Waals surface area contributed by atoms with Gasteiger partial charge in [0.15, 0.2) is 0 Å². The summed E-state index contributed by atoms with van der Waals surface area (Å²) in [4.78, 5) is 24.2. The number of nitrogens with zero attached hydrogens (tertiary/aromatic N) is 3. The summed E-state index contributed by atoms with van der Waals surface area (Å²) in [7, 11) is 0. The van der Waals surface area contributed by atoms with E-state index in [0.29, 0.717) is 13.0 Å². The molecule has 2 atom stereocenters. The molecule has 4 heterocycles. The molecule has 3 aliphatic heterocycles. The molecule has 0 spiro atoms. The van der Waals surface area contributed by atoms with E-state index in [0.717, 1.165) is 64.1 Å². The maximum atomic E-state index is 14.0. The summed E-state index contributed by atoms with van der Waals surface area (Å²) >= 11 is 3.62. The van der Waals surface area contributed by atoms with Crippen molar-refractivity contribution in [1.29, 1.82) is 0 Å². The Bertz CT molecular complexity index is 1330. The first-order valence-corrected chi connectivity index (χ1v) is 13.3. The second kappa shape index (κ2) is 8.42. The van der Waals surface area contributed by atoms with Crippen molar-refractivity contribution in [1.82, 2.24) is 19.7 Å². The predicted molar refractivity (Wildman–Crippen MR) is 141 cm³/mol. The average molecular weight is 535 g/mol. The van der Waals surface area contributed by atoms with Gasteiger partial charge in [0.05, 0.1) is 6.04 Å². The quantitative estimate of drug-likeness (QED) is 0.475. The fraction of sp³-hybridized carbons (Fsp3) is 0.393. The summed E-state index contributed by atoms with van der Waals surface area (Å²) in [5, 5.41) is 11.5. The summed E-state index contributed by atoms with van der Waals surface area (Å²) in [6.07, 6.45) is 4.09. The molecule has 182 valence electrons. The number of benzene rings is 2. The van der Waals surface area contributed by atoms with E-state index in [1.807, 2.05) is 23.1 Å². The summed E-state index contributed by atoms with van der Waals surface area (Å²) in [6.45, 7) is 10.5. The van der Waals surface area contributed by atoms with E-state index in [1.54, 1.807) is 12.1 Å². The number of carbonyl (C=O) groups is 1. The lowest BCUT2D eigenvalue weighted by atomic mass is 9.81. The third-order valence-corrected chi connectivity index (χ3v) is 8.52. The SMILES string of the molecule is C=C1N(CCCN2CCCC2)C(=O)[C@]2(C)Cc3c([nH]c4ccc(Br)cc34)[C@@H](c3cccc(O)c3)N12. The lowest BCUT2D eigenvalue weighted by Gasteiger charge is -2.44. The monoisotopic (exact) mass is 534 g/mol. The Morgan fingerprint density at radius 3 is 2.74 bits per heavy atom. The molecule has 0 aliphatic carbocycles. The molecule has 2 saturated heterocycles. The fourth-order valence-corrected chi connectivity index (χ4v) is 6.72. The number of aromatic amines is 1. The Kier molecular flexibility index (Phi) is 5.45. The largest absolute Gasteiger partial charge is 0.508 e. The van der Waals surface area contributed by atoms with E-state index in [-0.39, 0.29) is 17.7 Å². The normalized spacial score (nSPS) is 24.5. The smallest absolute Gasteiger partial charge is 0.254 e. The number of hydrogen-bond acceptors (Lipinski definition) is 4. The third-order valence-electron chi connectivity index (χ3n) is 8.02. The van der Waals surface area contributed by atoms with Gasteiger partial charge in [-0.2, -0.15) is 0 Å². The number of aromatic hydroxyl groups is 1. The van der Waals surface area contributed by atoms with Crippen LogP contribution in [-0.2, 0) is 11.2 Å². The van der Waals surface area contributed by atoms with Crippen LogP contribution in [0, 0.1) is 0 Å². The number of carbonyl (C=O) groups excluding carboxylic acids is 1. The summed E-state index contributed by atoms with van der Waals surface area (Å²) in [5.41, 5.74) is 3.47. The van der Waals surface area contributed by atoms with Crippen LogP contribution in [0.3, 0.4) is 0 Å². The van der Waals surface area contributed by atoms with E-state index in [1.165, 1.54) is 12.8 Å². The van der Waals surface area contributed by atoms with Crippen LogP contribution in [0.25, 0.3) is 10.9 Å². The summed E-state index contributed by atoms with van der Waals surface area (Å²) < 4.78 is 1.01. The maximum absolute atomic E-state index is 14.0. The van der Waals surface area contributed by atoms with Crippen molar-refractivity contribution < 1.29 is 9.90 Å². The molecule has 2 N–H and O–H groups in total. The highest BCUT2D eigenvalue weighted by Gasteiger charge is 2.57. The van der Waals surface area contributed by atoms with Crippen LogP contribution >= 0.6 is 15.9 Å². The van der Waals surface area contributed by atoms with Crippen molar-refractivity contribution in [3.05, 3.63) is 76.2 Å². The predicted octanol–water partition coefficient (Wildman–Crippen LogP) is 5.14. The zero-order valence-corrected chi connectivity index (χ0v) is 21.6. The Balaban J connectivity index is 1.42. The molecule has 6 nitrogen and oxygen atoms in total. The van der Waals surface area contributed by atoms with Crippen molar-refractivity contribution in [3.8, 4) is 5.75 Å². The Morgan fingerprint density at radius 2 is 1.97 bits per heavy atom. The standard InChI is InChI=1S/C28H31BrN4O2/c1-18-32(14-6-13-31-11-3-4-12-31)27(35)28(2)17-23-22-16-20(29)9-10-24(22)30-25(23)26(33(18)28)19-7-5-8-21(34)15-19/h5,7-10,15-16,26,30,34H,1,3-4,6,11-14,17H2,2H3/t26-,28+/m1/s1. The topological polar surface area (TPSA) is 62.8 Å². The third kappa shape index (κ3) is 3.59. The molecule has 2 fully saturated rings. The number of fused-ring (bicyclic) bond motifs is 4. The lowest BCUT2D eigenvalue weighted by molar-refractivity contribution is -0.133. The summed E-state index contributed by atoms with van der Waals surface area (Å²) in [6, 6.07) is 13.4. The number of likely N-dealkylation sites (tertiary alicyclic amines) is 1. The minimum atomic E-state index is -0.745. The highest BCUT2D eigenvalue weighted by molar-refractivity contribution is 9.10. The van der Waals surface area contributed by atoms with Crippen LogP contribution < -0.4 is 0 Å². The molecule has 0 saturated carbocycles. The molecule has 1 amide bonds. The van der Waals surface area contributed by atoms with Crippen LogP contribution in [0.2, 0.25) is 0 Å². The van der Waals surface area contributed by atoms with Crippen LogP contribution in [0.5, 0.6) is 5.75 Å². The van der Waals surface area contributed by atoms with Gasteiger partial charge in [-0.25, -0.2) is 0 Å². The minimum absolute atomic E-state index is 0.115. The molecule has 2 aromatic carbocycles. The number of amides is 1. The molecule has 6 rings (SSSR count). The van der Waals surface area contributed by atoms with Gasteiger partial charge >= 0.3 is 0 Å². The zero-order valence-electron chi connectivity index (χ0n) is 20.1. The average Bonchev–Trinajstić information content (AvgIpc) is 3.51. The Hall–Kier alpha value is -2.77. The van der Waals surface area contributed by atoms with Gasteiger partial charge < -0.3 is 19.9 Å². The van der Waals surface area contributed by atoms with E-state index < -0.39 is 5.54 Å². The number of aromatic nitrogens is 1. The molecular formula is C28H31BrN4O2. The highest BCUT2D eigenvalue weighted by atomic mass is 79.9. The van der Waals surface area contributed by atoms with Crippen LogP contribution in [0.15, 0.2) is 59.3 Å². The number of nitrogens with one attached hydrogen (secondary N) is 1. The number of phenolic OH excluding ortho intramolecular Hbond substituents is 1. The zero-order chi connectivity index (χ0) is 24.3. The maximum Gasteiger partial charge on any atom is 0.254 e. The molecule has 35 heavy (non-hydrogen) atoms. The van der Waals surface area contributed by atoms with E-state index in [4.69, 9.17) is 0 Å². The lowest BCUT2D eigenvalue weighted by Crippen LogP contribution is -2.52. The highest BCUT2D eigenvalue weighted by Crippen LogP contribution is 2.51. The molecule has 7 heteroatoms. The Morgan fingerprint density at radius 1 is 1.17 bits per heavy atom. The first kappa shape index (κ1) is 22.7. The van der Waals surface area contributed by atoms with Crippen LogP contribution in [0.1, 0.15) is 49.0 Å².